The van der Waals surface area contributed by atoms with E-state index in [1.165, 1.54) is 17.1 Å². The molecule has 0 saturated heterocycles. The number of anilines is 1. The van der Waals surface area contributed by atoms with Gasteiger partial charge >= 0.3 is 6.18 Å². The fraction of sp³-hybridized carbons (Fsp3) is 0.231. The van der Waals surface area contributed by atoms with Crippen molar-refractivity contribution >= 4 is 28.9 Å². The third-order valence-corrected chi connectivity index (χ3v) is 8.45. The van der Waals surface area contributed by atoms with Crippen molar-refractivity contribution in [2.45, 2.75) is 46.0 Å². The quantitative estimate of drug-likeness (QED) is 0.104. The summed E-state index contributed by atoms with van der Waals surface area (Å²) >= 11 is 5.96. The number of benzene rings is 4. The molecule has 11 heteroatoms. The van der Waals surface area contributed by atoms with Gasteiger partial charge in [-0.1, -0.05) is 92.7 Å². The first-order valence-electron chi connectivity index (χ1n) is 16.2. The molecule has 1 N–H and O–H groups in total. The number of rotatable bonds is 12. The van der Waals surface area contributed by atoms with Crippen molar-refractivity contribution < 1.29 is 18.0 Å². The average Bonchev–Trinajstić information content (AvgIpc) is 3.53. The number of hydrazine groups is 1. The minimum Gasteiger partial charge on any atom is -0.331 e. The number of nitriles is 1. The van der Waals surface area contributed by atoms with Crippen LogP contribution in [0, 0.1) is 17.2 Å². The van der Waals surface area contributed by atoms with Crippen molar-refractivity contribution in [3.05, 3.63) is 144 Å². The molecule has 1 amide bonds. The minimum atomic E-state index is -4.58. The number of aromatic nitrogens is 2. The van der Waals surface area contributed by atoms with Gasteiger partial charge in [-0.3, -0.25) is 4.79 Å². The Kier molecular flexibility index (Phi) is 11.8. The Labute approximate surface area is 295 Å². The van der Waals surface area contributed by atoms with Crippen molar-refractivity contribution in [3.63, 3.8) is 0 Å². The van der Waals surface area contributed by atoms with Gasteiger partial charge < -0.3 is 9.88 Å². The normalized spacial score (nSPS) is 11.4. The molecule has 0 unspecified atom stereocenters. The van der Waals surface area contributed by atoms with E-state index in [0.29, 0.717) is 29.9 Å². The predicted molar refractivity (Wildman–Crippen MR) is 192 cm³/mol. The molecule has 0 aliphatic carbocycles. The molecule has 0 aliphatic heterocycles. The summed E-state index contributed by atoms with van der Waals surface area (Å²) in [6.45, 7) is 4.49. The number of carbonyl (C=O) groups excluding carboxylic acids is 1. The first-order valence-corrected chi connectivity index (χ1v) is 16.6. The third-order valence-electron chi connectivity index (χ3n) is 8.17. The zero-order chi connectivity index (χ0) is 35.7. The Hall–Kier alpha value is -5.31. The topological polar surface area (TPSA) is 77.2 Å². The fourth-order valence-electron chi connectivity index (χ4n) is 5.57. The van der Waals surface area contributed by atoms with Crippen LogP contribution in [0.2, 0.25) is 0 Å². The highest BCUT2D eigenvalue weighted by Gasteiger charge is 2.35. The van der Waals surface area contributed by atoms with Gasteiger partial charge in [0, 0.05) is 42.8 Å². The van der Waals surface area contributed by atoms with Crippen molar-refractivity contribution in [3.8, 4) is 17.2 Å². The molecule has 0 aliphatic rings. The van der Waals surface area contributed by atoms with E-state index in [1.807, 2.05) is 85.1 Å². The number of para-hydroxylation sites is 1. The van der Waals surface area contributed by atoms with Crippen molar-refractivity contribution in [2.75, 3.05) is 11.9 Å². The maximum absolute atomic E-state index is 14.5. The highest BCUT2D eigenvalue weighted by molar-refractivity contribution is 7.80. The summed E-state index contributed by atoms with van der Waals surface area (Å²) < 4.78 is 44.4. The largest absolute Gasteiger partial charge is 0.416 e. The van der Waals surface area contributed by atoms with Crippen LogP contribution in [0.4, 0.5) is 18.9 Å². The zero-order valence-electron chi connectivity index (χ0n) is 27.8. The van der Waals surface area contributed by atoms with Crippen LogP contribution in [0.25, 0.3) is 11.1 Å². The number of amides is 1. The van der Waals surface area contributed by atoms with Crippen LogP contribution in [0.5, 0.6) is 0 Å². The SMILES string of the molecule is CC(C)CCN(Cc1ccccc1C(F)(F)F)N(C(=O)Cc1cncn1Cc1ccc(C#N)cc1)C(=S)Nc1ccccc1-c1ccccc1. The molecule has 5 aromatic rings. The van der Waals surface area contributed by atoms with Gasteiger partial charge in [0.25, 0.3) is 0 Å². The first kappa shape index (κ1) is 36.0. The van der Waals surface area contributed by atoms with Gasteiger partial charge in [0.2, 0.25) is 5.91 Å². The molecule has 0 atom stereocenters. The Balaban J connectivity index is 1.52. The lowest BCUT2D eigenvalue weighted by molar-refractivity contribution is -0.141. The van der Waals surface area contributed by atoms with Crippen LogP contribution in [0.15, 0.2) is 116 Å². The third kappa shape index (κ3) is 9.22. The van der Waals surface area contributed by atoms with Gasteiger partial charge in [-0.2, -0.15) is 18.4 Å². The number of carbonyl (C=O) groups is 1. The van der Waals surface area contributed by atoms with Crippen molar-refractivity contribution in [2.24, 2.45) is 5.92 Å². The Morgan fingerprint density at radius 2 is 1.64 bits per heavy atom. The second kappa shape index (κ2) is 16.4. The van der Waals surface area contributed by atoms with E-state index in [4.69, 9.17) is 12.2 Å². The highest BCUT2D eigenvalue weighted by atomic mass is 32.1. The van der Waals surface area contributed by atoms with E-state index in [2.05, 4.69) is 16.4 Å². The molecule has 0 radical (unpaired) electrons. The molecule has 5 rings (SSSR count). The number of alkyl halides is 3. The Bertz CT molecular complexity index is 1950. The maximum atomic E-state index is 14.5. The van der Waals surface area contributed by atoms with Crippen LogP contribution in [0.1, 0.15) is 48.2 Å². The number of nitrogens with zero attached hydrogens (tertiary/aromatic N) is 5. The van der Waals surface area contributed by atoms with Crippen molar-refractivity contribution in [1.82, 2.24) is 19.6 Å². The molecule has 0 spiro atoms. The molecule has 4 aromatic carbocycles. The standard InChI is InChI=1S/C39H37F3N6OS/c1-28(2)20-21-47(26-32-12-6-8-14-35(32)39(40,41)42)48(38(50)45-36-15-9-7-13-34(36)31-10-4-3-5-11-31)37(49)22-33-24-44-27-46(33)25-30-18-16-29(23-43)17-19-30/h3-19,24,27-28H,20-22,25-26H2,1-2H3,(H,45,50). The van der Waals surface area contributed by atoms with Crippen LogP contribution in [-0.4, -0.2) is 37.1 Å². The molecule has 0 saturated carbocycles. The first-order chi connectivity index (χ1) is 24.0. The smallest absolute Gasteiger partial charge is 0.331 e. The van der Waals surface area contributed by atoms with Crippen LogP contribution < -0.4 is 5.32 Å². The Morgan fingerprint density at radius 3 is 2.34 bits per heavy atom. The lowest BCUT2D eigenvalue weighted by Crippen LogP contribution is -2.52. The van der Waals surface area contributed by atoms with Gasteiger partial charge in [0.1, 0.15) is 0 Å². The lowest BCUT2D eigenvalue weighted by Gasteiger charge is -2.36. The number of imidazole rings is 1. The second-order valence-electron chi connectivity index (χ2n) is 12.3. The summed E-state index contributed by atoms with van der Waals surface area (Å²) in [4.78, 5) is 18.8. The van der Waals surface area contributed by atoms with Gasteiger partial charge in [-0.25, -0.2) is 15.0 Å². The predicted octanol–water partition coefficient (Wildman–Crippen LogP) is 8.72. The molecule has 1 aromatic heterocycles. The van der Waals surface area contributed by atoms with Gasteiger partial charge in [0.15, 0.2) is 5.11 Å². The fourth-order valence-corrected chi connectivity index (χ4v) is 5.89. The van der Waals surface area contributed by atoms with Crippen LogP contribution >= 0.6 is 12.2 Å². The van der Waals surface area contributed by atoms with E-state index in [-0.39, 0.29) is 36.1 Å². The minimum absolute atomic E-state index is 0.0277. The van der Waals surface area contributed by atoms with Gasteiger partial charge in [0.05, 0.1) is 29.9 Å². The monoisotopic (exact) mass is 694 g/mol. The summed E-state index contributed by atoms with van der Waals surface area (Å²) in [5, 5.41) is 15.4. The van der Waals surface area contributed by atoms with Crippen molar-refractivity contribution in [1.29, 1.82) is 5.26 Å². The molecular formula is C39H37F3N6OS. The second-order valence-corrected chi connectivity index (χ2v) is 12.7. The Morgan fingerprint density at radius 1 is 0.960 bits per heavy atom. The number of hydrogen-bond donors (Lipinski definition) is 1. The number of thiocarbonyl (C=S) groups is 1. The molecule has 0 fully saturated rings. The van der Waals surface area contributed by atoms with Gasteiger partial charge in [-0.15, -0.1) is 0 Å². The summed E-state index contributed by atoms with van der Waals surface area (Å²) in [6, 6.07) is 31.9. The summed E-state index contributed by atoms with van der Waals surface area (Å²) in [5.41, 5.74) is 3.72. The van der Waals surface area contributed by atoms with E-state index in [9.17, 15) is 23.2 Å². The number of hydrogen-bond acceptors (Lipinski definition) is 5. The lowest BCUT2D eigenvalue weighted by atomic mass is 10.0. The van der Waals surface area contributed by atoms with E-state index < -0.39 is 17.6 Å². The molecular weight excluding hydrogens is 658 g/mol. The molecule has 50 heavy (non-hydrogen) atoms. The number of halogens is 3. The zero-order valence-corrected chi connectivity index (χ0v) is 28.6. The molecule has 0 bridgehead atoms. The molecule has 7 nitrogen and oxygen atoms in total. The summed E-state index contributed by atoms with van der Waals surface area (Å²) in [5.74, 6) is -0.240. The van der Waals surface area contributed by atoms with E-state index >= 15 is 0 Å². The van der Waals surface area contributed by atoms with Gasteiger partial charge in [-0.05, 0) is 65.5 Å². The average molecular weight is 695 g/mol. The van der Waals surface area contributed by atoms with Crippen LogP contribution in [-0.2, 0) is 30.5 Å². The maximum Gasteiger partial charge on any atom is 0.416 e. The van der Waals surface area contributed by atoms with Crippen LogP contribution in [0.3, 0.4) is 0 Å². The summed E-state index contributed by atoms with van der Waals surface area (Å²) in [6.07, 6.45) is -0.901. The van der Waals surface area contributed by atoms with E-state index in [1.54, 1.807) is 35.7 Å². The molecule has 1 heterocycles. The van der Waals surface area contributed by atoms with E-state index in [0.717, 1.165) is 22.8 Å². The molecule has 256 valence electrons. The summed E-state index contributed by atoms with van der Waals surface area (Å²) in [7, 11) is 0. The highest BCUT2D eigenvalue weighted by Crippen LogP contribution is 2.33. The number of nitrogens with one attached hydrogen (secondary N) is 1.